The summed E-state index contributed by atoms with van der Waals surface area (Å²) in [5.41, 5.74) is 2.43. The first-order chi connectivity index (χ1) is 17.6. The highest BCUT2D eigenvalue weighted by Crippen LogP contribution is 2.39. The topological polar surface area (TPSA) is 98.7 Å². The van der Waals surface area contributed by atoms with Crippen molar-refractivity contribution in [1.82, 2.24) is 10.2 Å². The predicted octanol–water partition coefficient (Wildman–Crippen LogP) is 6.25. The van der Waals surface area contributed by atoms with Crippen LogP contribution in [0, 0.1) is 11.3 Å². The van der Waals surface area contributed by atoms with Crippen LogP contribution in [0.4, 0.5) is 10.5 Å². The molecule has 37 heavy (non-hydrogen) atoms. The van der Waals surface area contributed by atoms with Gasteiger partial charge in [-0.15, -0.1) is 11.8 Å². The van der Waals surface area contributed by atoms with Gasteiger partial charge in [0, 0.05) is 35.3 Å². The fourth-order valence-corrected chi connectivity index (χ4v) is 5.24. The molecule has 0 aliphatic heterocycles. The summed E-state index contributed by atoms with van der Waals surface area (Å²) >= 11 is 1.66. The number of carbonyl (C=O) groups is 3. The van der Waals surface area contributed by atoms with Crippen LogP contribution in [0.15, 0.2) is 53.4 Å². The highest BCUT2D eigenvalue weighted by atomic mass is 32.2. The van der Waals surface area contributed by atoms with Gasteiger partial charge >= 0.3 is 12.0 Å². The Morgan fingerprint density at radius 3 is 2.14 bits per heavy atom. The first kappa shape index (κ1) is 28.6. The third kappa shape index (κ3) is 8.52. The average Bonchev–Trinajstić information content (AvgIpc) is 2.87. The Morgan fingerprint density at radius 1 is 0.973 bits per heavy atom. The highest BCUT2D eigenvalue weighted by molar-refractivity contribution is 7.98. The smallest absolute Gasteiger partial charge is 0.322 e. The van der Waals surface area contributed by atoms with Crippen LogP contribution in [0.25, 0.3) is 0 Å². The van der Waals surface area contributed by atoms with E-state index in [2.05, 4.69) is 31.4 Å². The average molecular weight is 526 g/mol. The van der Waals surface area contributed by atoms with Crippen LogP contribution in [0.3, 0.4) is 0 Å². The number of anilines is 1. The minimum atomic E-state index is -0.953. The van der Waals surface area contributed by atoms with Gasteiger partial charge in [-0.1, -0.05) is 32.9 Å². The van der Waals surface area contributed by atoms with Crippen LogP contribution < -0.4 is 10.6 Å². The standard InChI is InChI=1S/C29H39N3O4S/c1-29(2,3)22-9-13-24(14-10-22)32(28(36)31-23-11-15-25(37-4)16-12-23)19-20-5-7-21(8-6-20)27(35)30-18-17-26(33)34/h5-8,11-12,15-16,22,24H,9-10,13-14,17-19H2,1-4H3,(H,30,35)(H,31,36)(H,33,34). The maximum absolute atomic E-state index is 13.5. The Hall–Kier alpha value is -3.00. The number of carboxylic acids is 1. The van der Waals surface area contributed by atoms with Crippen LogP contribution in [-0.4, -0.2) is 46.8 Å². The third-order valence-electron chi connectivity index (χ3n) is 7.16. The molecule has 2 aromatic carbocycles. The first-order valence-electron chi connectivity index (χ1n) is 12.9. The van der Waals surface area contributed by atoms with Crippen LogP contribution in [0.5, 0.6) is 0 Å². The summed E-state index contributed by atoms with van der Waals surface area (Å²) in [6, 6.07) is 15.0. The molecule has 0 atom stereocenters. The van der Waals surface area contributed by atoms with Gasteiger partial charge in [-0.2, -0.15) is 0 Å². The maximum Gasteiger partial charge on any atom is 0.322 e. The van der Waals surface area contributed by atoms with Crippen molar-refractivity contribution in [3.05, 3.63) is 59.7 Å². The highest BCUT2D eigenvalue weighted by Gasteiger charge is 2.33. The number of amides is 3. The molecule has 0 radical (unpaired) electrons. The van der Waals surface area contributed by atoms with Gasteiger partial charge in [0.1, 0.15) is 0 Å². The SMILES string of the molecule is CSc1ccc(NC(=O)N(Cc2ccc(C(=O)NCCC(=O)O)cc2)C2CCC(C(C)(C)C)CC2)cc1. The molecule has 0 aromatic heterocycles. The van der Waals surface area contributed by atoms with Crippen molar-refractivity contribution < 1.29 is 19.5 Å². The number of benzene rings is 2. The fraction of sp³-hybridized carbons (Fsp3) is 0.483. The minimum Gasteiger partial charge on any atom is -0.481 e. The molecule has 8 heteroatoms. The maximum atomic E-state index is 13.5. The molecular weight excluding hydrogens is 486 g/mol. The monoisotopic (exact) mass is 525 g/mol. The zero-order valence-corrected chi connectivity index (χ0v) is 23.1. The number of hydrogen-bond acceptors (Lipinski definition) is 4. The van der Waals surface area contributed by atoms with Gasteiger partial charge in [-0.25, -0.2) is 4.79 Å². The van der Waals surface area contributed by atoms with E-state index in [0.717, 1.165) is 41.8 Å². The lowest BCUT2D eigenvalue weighted by Crippen LogP contribution is -2.45. The number of aliphatic carboxylic acids is 1. The summed E-state index contributed by atoms with van der Waals surface area (Å²) < 4.78 is 0. The largest absolute Gasteiger partial charge is 0.481 e. The molecular formula is C29H39N3O4S. The summed E-state index contributed by atoms with van der Waals surface area (Å²) in [5, 5.41) is 14.4. The van der Waals surface area contributed by atoms with Crippen molar-refractivity contribution in [3.8, 4) is 0 Å². The second-order valence-corrected chi connectivity index (χ2v) is 11.6. The second kappa shape index (κ2) is 13.0. The fourth-order valence-electron chi connectivity index (χ4n) is 4.83. The lowest BCUT2D eigenvalue weighted by Gasteiger charge is -2.41. The van der Waals surface area contributed by atoms with E-state index in [-0.39, 0.29) is 36.4 Å². The van der Waals surface area contributed by atoms with Gasteiger partial charge in [0.15, 0.2) is 0 Å². The molecule has 3 N–H and O–H groups in total. The number of thioether (sulfide) groups is 1. The van der Waals surface area contributed by atoms with Crippen LogP contribution in [0.1, 0.15) is 68.8 Å². The number of rotatable bonds is 9. The molecule has 0 bridgehead atoms. The molecule has 7 nitrogen and oxygen atoms in total. The molecule has 200 valence electrons. The van der Waals surface area contributed by atoms with Crippen LogP contribution in [-0.2, 0) is 11.3 Å². The lowest BCUT2D eigenvalue weighted by molar-refractivity contribution is -0.136. The van der Waals surface area contributed by atoms with Gasteiger partial charge in [-0.05, 0) is 85.2 Å². The van der Waals surface area contributed by atoms with Crippen molar-refractivity contribution in [2.24, 2.45) is 11.3 Å². The number of urea groups is 1. The van der Waals surface area contributed by atoms with E-state index in [1.807, 2.05) is 47.6 Å². The predicted molar refractivity (Wildman–Crippen MR) is 149 cm³/mol. The summed E-state index contributed by atoms with van der Waals surface area (Å²) in [6.07, 6.45) is 6.01. The minimum absolute atomic E-state index is 0.0824. The molecule has 1 saturated carbocycles. The van der Waals surface area contributed by atoms with E-state index in [4.69, 9.17) is 5.11 Å². The third-order valence-corrected chi connectivity index (χ3v) is 7.90. The molecule has 0 saturated heterocycles. The van der Waals surface area contributed by atoms with E-state index in [1.54, 1.807) is 23.9 Å². The number of carbonyl (C=O) groups excluding carboxylic acids is 2. The molecule has 1 aliphatic carbocycles. The molecule has 0 unspecified atom stereocenters. The quantitative estimate of drug-likeness (QED) is 0.336. The zero-order chi connectivity index (χ0) is 27.0. The first-order valence-corrected chi connectivity index (χ1v) is 14.1. The van der Waals surface area contributed by atoms with Crippen molar-refractivity contribution in [2.75, 3.05) is 18.1 Å². The molecule has 1 aliphatic rings. The van der Waals surface area contributed by atoms with Crippen LogP contribution >= 0.6 is 11.8 Å². The summed E-state index contributed by atoms with van der Waals surface area (Å²) in [4.78, 5) is 39.5. The molecule has 1 fully saturated rings. The van der Waals surface area contributed by atoms with Gasteiger partial charge in [0.05, 0.1) is 6.42 Å². The number of nitrogens with one attached hydrogen (secondary N) is 2. The number of hydrogen-bond donors (Lipinski definition) is 3. The van der Waals surface area contributed by atoms with E-state index < -0.39 is 5.97 Å². The van der Waals surface area contributed by atoms with E-state index in [0.29, 0.717) is 18.0 Å². The summed E-state index contributed by atoms with van der Waals surface area (Å²) in [5.74, 6) is -0.617. The molecule has 2 aromatic rings. The number of carboxylic acid groups (broad SMARTS) is 1. The van der Waals surface area contributed by atoms with E-state index in [9.17, 15) is 14.4 Å². The van der Waals surface area contributed by atoms with E-state index >= 15 is 0 Å². The summed E-state index contributed by atoms with van der Waals surface area (Å²) in [6.45, 7) is 7.40. The molecule has 0 spiro atoms. The van der Waals surface area contributed by atoms with E-state index in [1.165, 1.54) is 0 Å². The van der Waals surface area contributed by atoms with Crippen molar-refractivity contribution >= 4 is 35.4 Å². The molecule has 3 amide bonds. The lowest BCUT2D eigenvalue weighted by atomic mass is 9.71. The molecule has 0 heterocycles. The van der Waals surface area contributed by atoms with Crippen molar-refractivity contribution in [2.45, 2.75) is 70.4 Å². The van der Waals surface area contributed by atoms with Crippen LogP contribution in [0.2, 0.25) is 0 Å². The van der Waals surface area contributed by atoms with Gasteiger partial charge in [0.2, 0.25) is 0 Å². The van der Waals surface area contributed by atoms with Gasteiger partial charge in [-0.3, -0.25) is 9.59 Å². The Kier molecular flexibility index (Phi) is 10.0. The number of nitrogens with zero attached hydrogens (tertiary/aromatic N) is 1. The zero-order valence-electron chi connectivity index (χ0n) is 22.3. The Bertz CT molecular complexity index is 1060. The van der Waals surface area contributed by atoms with Crippen molar-refractivity contribution in [1.29, 1.82) is 0 Å². The Labute approximate surface area is 224 Å². The molecule has 3 rings (SSSR count). The van der Waals surface area contributed by atoms with Crippen molar-refractivity contribution in [3.63, 3.8) is 0 Å². The summed E-state index contributed by atoms with van der Waals surface area (Å²) in [7, 11) is 0. The second-order valence-electron chi connectivity index (χ2n) is 10.8. The normalized spacial score (nSPS) is 17.6. The Morgan fingerprint density at radius 2 is 1.59 bits per heavy atom. The van der Waals surface area contributed by atoms with Gasteiger partial charge in [0.25, 0.3) is 5.91 Å². The van der Waals surface area contributed by atoms with Gasteiger partial charge < -0.3 is 20.6 Å². The Balaban J connectivity index is 1.71.